The predicted octanol–water partition coefficient (Wildman–Crippen LogP) is 3.11. The Morgan fingerprint density at radius 2 is 2.11 bits per heavy atom. The molecule has 1 aromatic carbocycles. The number of carbonyl (C=O) groups excluding carboxylic acids is 1. The summed E-state index contributed by atoms with van der Waals surface area (Å²) in [5.74, 6) is -1.08. The van der Waals surface area contributed by atoms with Crippen LogP contribution in [0.4, 0.5) is 4.39 Å². The van der Waals surface area contributed by atoms with Gasteiger partial charge < -0.3 is 9.47 Å². The fourth-order valence-corrected chi connectivity index (χ4v) is 1.53. The zero-order valence-corrected chi connectivity index (χ0v) is 10.5. The van der Waals surface area contributed by atoms with Gasteiger partial charge in [-0.3, -0.25) is 0 Å². The van der Waals surface area contributed by atoms with Gasteiger partial charge in [-0.1, -0.05) is 6.07 Å². The third-order valence-corrected chi connectivity index (χ3v) is 2.47. The van der Waals surface area contributed by atoms with Crippen LogP contribution in [-0.2, 0) is 4.74 Å². The number of aryl methyl sites for hydroxylation is 1. The highest BCUT2D eigenvalue weighted by molar-refractivity contribution is 5.91. The number of nitrogens with zero attached hydrogens (tertiary/aromatic N) is 1. The van der Waals surface area contributed by atoms with E-state index in [1.807, 2.05) is 0 Å². The Labute approximate surface area is 109 Å². The molecule has 0 atom stereocenters. The molecule has 98 valence electrons. The van der Waals surface area contributed by atoms with E-state index in [0.29, 0.717) is 0 Å². The molecule has 0 amide bonds. The summed E-state index contributed by atoms with van der Waals surface area (Å²) >= 11 is 0. The molecule has 2 rings (SSSR count). The van der Waals surface area contributed by atoms with Crippen molar-refractivity contribution in [3.8, 4) is 11.6 Å². The standard InChI is InChI=1S/C14H12FNO3/c1-9-5-6-12(11(15)8-9)19-13-10(14(17)18-2)4-3-7-16-13/h3-8H,1-2H3. The molecular weight excluding hydrogens is 249 g/mol. The van der Waals surface area contributed by atoms with Crippen LogP contribution in [0.3, 0.4) is 0 Å². The molecule has 0 saturated heterocycles. The van der Waals surface area contributed by atoms with E-state index in [4.69, 9.17) is 4.74 Å². The van der Waals surface area contributed by atoms with E-state index in [9.17, 15) is 9.18 Å². The number of halogens is 1. The molecule has 0 bridgehead atoms. The zero-order valence-electron chi connectivity index (χ0n) is 10.5. The number of esters is 1. The topological polar surface area (TPSA) is 48.4 Å². The average Bonchev–Trinajstić information content (AvgIpc) is 2.41. The van der Waals surface area contributed by atoms with Crippen molar-refractivity contribution in [1.29, 1.82) is 0 Å². The Kier molecular flexibility index (Phi) is 3.75. The largest absolute Gasteiger partial charge is 0.465 e. The lowest BCUT2D eigenvalue weighted by atomic mass is 10.2. The molecule has 0 aliphatic carbocycles. The van der Waals surface area contributed by atoms with Crippen molar-refractivity contribution >= 4 is 5.97 Å². The number of hydrogen-bond donors (Lipinski definition) is 0. The minimum Gasteiger partial charge on any atom is -0.465 e. The Morgan fingerprint density at radius 3 is 2.79 bits per heavy atom. The molecule has 2 aromatic rings. The number of pyridine rings is 1. The number of benzene rings is 1. The van der Waals surface area contributed by atoms with E-state index in [2.05, 4.69) is 9.72 Å². The first kappa shape index (κ1) is 13.0. The number of aromatic nitrogens is 1. The maximum absolute atomic E-state index is 13.7. The highest BCUT2D eigenvalue weighted by Crippen LogP contribution is 2.26. The second-order valence-electron chi connectivity index (χ2n) is 3.88. The van der Waals surface area contributed by atoms with Gasteiger partial charge in [0, 0.05) is 6.20 Å². The van der Waals surface area contributed by atoms with Gasteiger partial charge in [-0.2, -0.15) is 0 Å². The second-order valence-corrected chi connectivity index (χ2v) is 3.88. The molecule has 0 aliphatic rings. The van der Waals surface area contributed by atoms with Crippen LogP contribution in [0.5, 0.6) is 11.6 Å². The zero-order chi connectivity index (χ0) is 13.8. The summed E-state index contributed by atoms with van der Waals surface area (Å²) in [7, 11) is 1.26. The summed E-state index contributed by atoms with van der Waals surface area (Å²) in [6.07, 6.45) is 1.45. The summed E-state index contributed by atoms with van der Waals surface area (Å²) in [5.41, 5.74) is 0.920. The predicted molar refractivity (Wildman–Crippen MR) is 66.8 cm³/mol. The van der Waals surface area contributed by atoms with Crippen molar-refractivity contribution in [2.75, 3.05) is 7.11 Å². The number of methoxy groups -OCH3 is 1. The van der Waals surface area contributed by atoms with Crippen molar-refractivity contribution in [3.05, 3.63) is 53.5 Å². The van der Waals surface area contributed by atoms with Crippen molar-refractivity contribution in [2.24, 2.45) is 0 Å². The molecule has 0 spiro atoms. The molecule has 0 unspecified atom stereocenters. The fraction of sp³-hybridized carbons (Fsp3) is 0.143. The number of hydrogen-bond acceptors (Lipinski definition) is 4. The van der Waals surface area contributed by atoms with E-state index in [-0.39, 0.29) is 17.2 Å². The summed E-state index contributed by atoms with van der Waals surface area (Å²) in [4.78, 5) is 15.4. The van der Waals surface area contributed by atoms with Gasteiger partial charge in [0.05, 0.1) is 7.11 Å². The van der Waals surface area contributed by atoms with E-state index in [1.54, 1.807) is 19.1 Å². The van der Waals surface area contributed by atoms with Crippen LogP contribution in [0.15, 0.2) is 36.5 Å². The molecule has 19 heavy (non-hydrogen) atoms. The number of rotatable bonds is 3. The van der Waals surface area contributed by atoms with Crippen LogP contribution >= 0.6 is 0 Å². The first-order chi connectivity index (χ1) is 9.11. The van der Waals surface area contributed by atoms with Gasteiger partial charge >= 0.3 is 5.97 Å². The molecule has 0 radical (unpaired) electrons. The summed E-state index contributed by atoms with van der Waals surface area (Å²) in [5, 5.41) is 0. The lowest BCUT2D eigenvalue weighted by Gasteiger charge is -2.09. The van der Waals surface area contributed by atoms with Gasteiger partial charge in [-0.25, -0.2) is 14.2 Å². The Morgan fingerprint density at radius 1 is 1.32 bits per heavy atom. The van der Waals surface area contributed by atoms with E-state index < -0.39 is 11.8 Å². The summed E-state index contributed by atoms with van der Waals surface area (Å²) in [6, 6.07) is 7.61. The average molecular weight is 261 g/mol. The maximum atomic E-state index is 13.7. The van der Waals surface area contributed by atoms with Gasteiger partial charge in [-0.05, 0) is 36.8 Å². The molecular formula is C14H12FNO3. The lowest BCUT2D eigenvalue weighted by Crippen LogP contribution is -2.05. The van der Waals surface area contributed by atoms with Gasteiger partial charge in [0.15, 0.2) is 11.6 Å². The smallest absolute Gasteiger partial charge is 0.343 e. The normalized spacial score (nSPS) is 10.1. The second kappa shape index (κ2) is 5.48. The van der Waals surface area contributed by atoms with Crippen molar-refractivity contribution in [3.63, 3.8) is 0 Å². The van der Waals surface area contributed by atoms with Crippen LogP contribution < -0.4 is 4.74 Å². The highest BCUT2D eigenvalue weighted by Gasteiger charge is 2.15. The minimum absolute atomic E-state index is 0.00875. The third kappa shape index (κ3) is 2.88. The SMILES string of the molecule is COC(=O)c1cccnc1Oc1ccc(C)cc1F. The number of ether oxygens (including phenoxy) is 2. The van der Waals surface area contributed by atoms with Gasteiger partial charge in [0.2, 0.25) is 5.88 Å². The highest BCUT2D eigenvalue weighted by atomic mass is 19.1. The first-order valence-electron chi connectivity index (χ1n) is 5.59. The lowest BCUT2D eigenvalue weighted by molar-refractivity contribution is 0.0597. The maximum Gasteiger partial charge on any atom is 0.343 e. The molecule has 0 fully saturated rings. The van der Waals surface area contributed by atoms with Crippen LogP contribution in [0, 0.1) is 12.7 Å². The van der Waals surface area contributed by atoms with E-state index >= 15 is 0 Å². The Hall–Kier alpha value is -2.43. The first-order valence-corrected chi connectivity index (χ1v) is 5.59. The summed E-state index contributed by atoms with van der Waals surface area (Å²) in [6.45, 7) is 1.77. The minimum atomic E-state index is -0.587. The molecule has 1 heterocycles. The van der Waals surface area contributed by atoms with E-state index in [0.717, 1.165) is 5.56 Å². The summed E-state index contributed by atoms with van der Waals surface area (Å²) < 4.78 is 23.6. The van der Waals surface area contributed by atoms with E-state index in [1.165, 1.54) is 31.5 Å². The van der Waals surface area contributed by atoms with Crippen molar-refractivity contribution in [1.82, 2.24) is 4.98 Å². The molecule has 1 aromatic heterocycles. The molecule has 5 heteroatoms. The quantitative estimate of drug-likeness (QED) is 0.796. The van der Waals surface area contributed by atoms with Crippen LogP contribution in [-0.4, -0.2) is 18.1 Å². The van der Waals surface area contributed by atoms with Gasteiger partial charge in [0.25, 0.3) is 0 Å². The number of carbonyl (C=O) groups is 1. The monoisotopic (exact) mass is 261 g/mol. The molecule has 0 saturated carbocycles. The van der Waals surface area contributed by atoms with Crippen LogP contribution in [0.1, 0.15) is 15.9 Å². The molecule has 0 aliphatic heterocycles. The Balaban J connectivity index is 2.35. The third-order valence-electron chi connectivity index (χ3n) is 2.47. The van der Waals surface area contributed by atoms with Crippen LogP contribution in [0.25, 0.3) is 0 Å². The van der Waals surface area contributed by atoms with Crippen molar-refractivity contribution < 1.29 is 18.7 Å². The van der Waals surface area contributed by atoms with Gasteiger partial charge in [-0.15, -0.1) is 0 Å². The molecule has 4 nitrogen and oxygen atoms in total. The van der Waals surface area contributed by atoms with Gasteiger partial charge in [0.1, 0.15) is 5.56 Å². The fourth-order valence-electron chi connectivity index (χ4n) is 1.53. The Bertz CT molecular complexity index is 613. The van der Waals surface area contributed by atoms with Crippen LogP contribution in [0.2, 0.25) is 0 Å². The van der Waals surface area contributed by atoms with Crippen molar-refractivity contribution in [2.45, 2.75) is 6.92 Å². The molecule has 0 N–H and O–H groups in total.